The maximum Gasteiger partial charge on any atom is 0.278 e. The highest BCUT2D eigenvalue weighted by molar-refractivity contribution is 7.13. The topological polar surface area (TPSA) is 96.0 Å². The molecule has 0 atom stereocenters. The second-order valence-corrected chi connectivity index (χ2v) is 7.51. The van der Waals surface area contributed by atoms with Crippen LogP contribution in [0.4, 0.5) is 10.8 Å². The van der Waals surface area contributed by atoms with Gasteiger partial charge in [-0.15, -0.1) is 10.2 Å². The normalized spacial score (nSPS) is 10.6. The Balaban J connectivity index is 1.78. The molecule has 0 fully saturated rings. The maximum absolute atomic E-state index is 13.0. The monoisotopic (exact) mass is 420 g/mol. The van der Waals surface area contributed by atoms with E-state index in [1.807, 2.05) is 67.5 Å². The van der Waals surface area contributed by atoms with Crippen molar-refractivity contribution in [2.45, 2.75) is 0 Å². The molecule has 0 unspecified atom stereocenters. The van der Waals surface area contributed by atoms with E-state index in [-0.39, 0.29) is 11.6 Å². The molecule has 8 nitrogen and oxygen atoms in total. The number of carbonyl (C=O) groups is 1. The van der Waals surface area contributed by atoms with Gasteiger partial charge in [0.2, 0.25) is 5.13 Å². The van der Waals surface area contributed by atoms with Gasteiger partial charge in [-0.05, 0) is 36.4 Å². The Morgan fingerprint density at radius 3 is 2.60 bits per heavy atom. The lowest BCUT2D eigenvalue weighted by molar-refractivity contribution is 0.102. The van der Waals surface area contributed by atoms with Crippen LogP contribution < -0.4 is 15.0 Å². The van der Waals surface area contributed by atoms with E-state index < -0.39 is 0 Å². The molecular formula is C21H20N6O2S. The number of H-pyrrole nitrogens is 1. The number of aromatic amines is 1. The van der Waals surface area contributed by atoms with Gasteiger partial charge in [-0.2, -0.15) is 0 Å². The Labute approximate surface area is 177 Å². The Kier molecular flexibility index (Phi) is 5.44. The summed E-state index contributed by atoms with van der Waals surface area (Å²) in [5.74, 6) is 0.979. The average molecular weight is 420 g/mol. The number of benzene rings is 2. The zero-order chi connectivity index (χ0) is 21.1. The molecular weight excluding hydrogens is 400 g/mol. The summed E-state index contributed by atoms with van der Waals surface area (Å²) in [6, 6.07) is 15.4. The zero-order valence-corrected chi connectivity index (χ0v) is 17.5. The van der Waals surface area contributed by atoms with Crippen LogP contribution in [0.1, 0.15) is 10.5 Å². The molecule has 4 rings (SSSR count). The number of carbonyl (C=O) groups excluding carboxylic acids is 1. The SMILES string of the molecule is COc1ccc(-c2[nH]c(-c3cccc(N(C)C)c3)nc2C(=O)Nc2nncs2)cc1. The molecule has 0 saturated carbocycles. The molecule has 0 aliphatic rings. The highest BCUT2D eigenvalue weighted by atomic mass is 32.1. The van der Waals surface area contributed by atoms with E-state index in [9.17, 15) is 4.79 Å². The first kappa shape index (κ1) is 19.6. The van der Waals surface area contributed by atoms with Crippen molar-refractivity contribution in [1.29, 1.82) is 0 Å². The number of amides is 1. The van der Waals surface area contributed by atoms with Crippen molar-refractivity contribution in [2.75, 3.05) is 31.4 Å². The summed E-state index contributed by atoms with van der Waals surface area (Å²) in [5.41, 5.74) is 5.19. The Morgan fingerprint density at radius 1 is 1.13 bits per heavy atom. The van der Waals surface area contributed by atoms with Crippen LogP contribution in [-0.4, -0.2) is 47.3 Å². The van der Waals surface area contributed by atoms with Crippen molar-refractivity contribution in [3.63, 3.8) is 0 Å². The molecule has 4 aromatic rings. The fraction of sp³-hybridized carbons (Fsp3) is 0.143. The molecule has 152 valence electrons. The van der Waals surface area contributed by atoms with Crippen molar-refractivity contribution in [3.05, 3.63) is 59.7 Å². The van der Waals surface area contributed by atoms with Crippen LogP contribution in [0.25, 0.3) is 22.6 Å². The van der Waals surface area contributed by atoms with Crippen molar-refractivity contribution in [2.24, 2.45) is 0 Å². The minimum absolute atomic E-state index is 0.278. The Hall–Kier alpha value is -3.72. The van der Waals surface area contributed by atoms with E-state index in [4.69, 9.17) is 4.74 Å². The lowest BCUT2D eigenvalue weighted by atomic mass is 10.1. The van der Waals surface area contributed by atoms with E-state index >= 15 is 0 Å². The number of ether oxygens (including phenoxy) is 1. The summed E-state index contributed by atoms with van der Waals surface area (Å²) in [6.07, 6.45) is 0. The van der Waals surface area contributed by atoms with Gasteiger partial charge in [0.1, 0.15) is 17.1 Å². The number of nitrogens with zero attached hydrogens (tertiary/aromatic N) is 4. The van der Waals surface area contributed by atoms with Crippen LogP contribution in [-0.2, 0) is 0 Å². The molecule has 2 aromatic heterocycles. The molecule has 0 bridgehead atoms. The van der Waals surface area contributed by atoms with Gasteiger partial charge in [0.15, 0.2) is 5.69 Å². The molecule has 2 N–H and O–H groups in total. The van der Waals surface area contributed by atoms with E-state index in [1.165, 1.54) is 11.3 Å². The molecule has 0 radical (unpaired) electrons. The third-order valence-corrected chi connectivity index (χ3v) is 5.12. The number of imidazole rings is 1. The Bertz CT molecular complexity index is 1150. The first-order valence-electron chi connectivity index (χ1n) is 9.15. The quantitative estimate of drug-likeness (QED) is 0.491. The summed E-state index contributed by atoms with van der Waals surface area (Å²) in [5, 5.41) is 10.8. The lowest BCUT2D eigenvalue weighted by Gasteiger charge is -2.12. The van der Waals surface area contributed by atoms with Crippen LogP contribution >= 0.6 is 11.3 Å². The zero-order valence-electron chi connectivity index (χ0n) is 16.7. The minimum Gasteiger partial charge on any atom is -0.497 e. The van der Waals surface area contributed by atoms with E-state index in [1.54, 1.807) is 12.6 Å². The summed E-state index contributed by atoms with van der Waals surface area (Å²) < 4.78 is 5.24. The number of methoxy groups -OCH3 is 1. The summed E-state index contributed by atoms with van der Waals surface area (Å²) in [4.78, 5) is 22.9. The van der Waals surface area contributed by atoms with E-state index in [0.717, 1.165) is 22.6 Å². The second kappa shape index (κ2) is 8.34. The molecule has 1 amide bonds. The fourth-order valence-corrected chi connectivity index (χ4v) is 3.40. The maximum atomic E-state index is 13.0. The van der Waals surface area contributed by atoms with Crippen molar-refractivity contribution in [3.8, 4) is 28.4 Å². The molecule has 2 heterocycles. The molecule has 30 heavy (non-hydrogen) atoms. The van der Waals surface area contributed by atoms with Crippen LogP contribution in [0, 0.1) is 0 Å². The fourth-order valence-electron chi connectivity index (χ4n) is 2.96. The van der Waals surface area contributed by atoms with Gasteiger partial charge in [0.25, 0.3) is 5.91 Å². The number of rotatable bonds is 6. The van der Waals surface area contributed by atoms with Crippen molar-refractivity contribution < 1.29 is 9.53 Å². The van der Waals surface area contributed by atoms with Gasteiger partial charge in [0, 0.05) is 30.9 Å². The highest BCUT2D eigenvalue weighted by Gasteiger charge is 2.21. The van der Waals surface area contributed by atoms with E-state index in [2.05, 4.69) is 25.5 Å². The van der Waals surface area contributed by atoms with Gasteiger partial charge >= 0.3 is 0 Å². The summed E-state index contributed by atoms with van der Waals surface area (Å²) in [6.45, 7) is 0. The molecule has 0 aliphatic heterocycles. The highest BCUT2D eigenvalue weighted by Crippen LogP contribution is 2.29. The number of hydrogen-bond donors (Lipinski definition) is 2. The predicted molar refractivity (Wildman–Crippen MR) is 118 cm³/mol. The first-order valence-corrected chi connectivity index (χ1v) is 10.0. The third kappa shape index (κ3) is 4.01. The van der Waals surface area contributed by atoms with Crippen LogP contribution in [0.5, 0.6) is 5.75 Å². The smallest absolute Gasteiger partial charge is 0.278 e. The third-order valence-electron chi connectivity index (χ3n) is 4.51. The number of anilines is 2. The van der Waals surface area contributed by atoms with Crippen LogP contribution in [0.2, 0.25) is 0 Å². The number of nitrogens with one attached hydrogen (secondary N) is 2. The van der Waals surface area contributed by atoms with Crippen LogP contribution in [0.15, 0.2) is 54.0 Å². The number of aromatic nitrogens is 4. The lowest BCUT2D eigenvalue weighted by Crippen LogP contribution is -2.13. The summed E-state index contributed by atoms with van der Waals surface area (Å²) in [7, 11) is 5.57. The molecule has 0 saturated heterocycles. The largest absolute Gasteiger partial charge is 0.497 e. The summed E-state index contributed by atoms with van der Waals surface area (Å²) >= 11 is 1.25. The van der Waals surface area contributed by atoms with Gasteiger partial charge in [-0.1, -0.05) is 23.5 Å². The van der Waals surface area contributed by atoms with Gasteiger partial charge in [-0.3, -0.25) is 10.1 Å². The van der Waals surface area contributed by atoms with Gasteiger partial charge in [-0.25, -0.2) is 4.98 Å². The predicted octanol–water partition coefficient (Wildman–Crippen LogP) is 3.92. The van der Waals surface area contributed by atoms with E-state index in [0.29, 0.717) is 16.6 Å². The minimum atomic E-state index is -0.358. The molecule has 9 heteroatoms. The molecule has 0 spiro atoms. The second-order valence-electron chi connectivity index (χ2n) is 6.68. The molecule has 0 aliphatic carbocycles. The first-order chi connectivity index (χ1) is 14.5. The Morgan fingerprint density at radius 2 is 1.93 bits per heavy atom. The van der Waals surface area contributed by atoms with Gasteiger partial charge in [0.05, 0.1) is 12.8 Å². The molecule has 2 aromatic carbocycles. The number of hydrogen-bond acceptors (Lipinski definition) is 7. The van der Waals surface area contributed by atoms with Gasteiger partial charge < -0.3 is 14.6 Å². The van der Waals surface area contributed by atoms with Crippen LogP contribution in [0.3, 0.4) is 0 Å². The standard InChI is InChI=1S/C21H20N6O2S/c1-27(2)15-6-4-5-14(11-15)19-23-17(13-7-9-16(29-3)10-8-13)18(24-19)20(28)25-21-26-22-12-30-21/h4-12H,1-3H3,(H,23,24)(H,25,26,28). The van der Waals surface area contributed by atoms with Crippen molar-refractivity contribution >= 4 is 28.1 Å². The average Bonchev–Trinajstić information content (AvgIpc) is 3.44. The van der Waals surface area contributed by atoms with Crippen molar-refractivity contribution in [1.82, 2.24) is 20.2 Å².